The van der Waals surface area contributed by atoms with E-state index in [1.165, 1.54) is 5.56 Å². The lowest BCUT2D eigenvalue weighted by Gasteiger charge is -2.27. The predicted molar refractivity (Wildman–Crippen MR) is 131 cm³/mol. The molecule has 0 aliphatic carbocycles. The Morgan fingerprint density at radius 2 is 2.09 bits per heavy atom. The Bertz CT molecular complexity index is 1140. The van der Waals surface area contributed by atoms with Crippen LogP contribution in [0.3, 0.4) is 0 Å². The van der Waals surface area contributed by atoms with Crippen molar-refractivity contribution >= 4 is 17.3 Å². The standard InChI is InChI=1S/C26H31N5O2/c1-17-4-7-25-19(10-17)11-20(16-33-25)26(32)29-23-6-5-18(21-13-27-28-14-21)12-24(23)31-9-8-22(15-31)30(2)3/h4-7,10,12-14,20,22H,8-9,11,15-16H2,1-3H3,(H,27,28)(H,29,32). The summed E-state index contributed by atoms with van der Waals surface area (Å²) in [4.78, 5) is 17.9. The van der Waals surface area contributed by atoms with Gasteiger partial charge in [-0.3, -0.25) is 9.89 Å². The second-order valence-corrected chi connectivity index (χ2v) is 9.38. The molecule has 172 valence electrons. The maximum atomic E-state index is 13.3. The Kier molecular flexibility index (Phi) is 5.81. The molecular formula is C26H31N5O2. The average molecular weight is 446 g/mol. The summed E-state index contributed by atoms with van der Waals surface area (Å²) in [5, 5.41) is 10.2. The van der Waals surface area contributed by atoms with E-state index in [-0.39, 0.29) is 11.8 Å². The van der Waals surface area contributed by atoms with E-state index in [1.54, 1.807) is 0 Å². The molecule has 2 unspecified atom stereocenters. The fraction of sp³-hybridized carbons (Fsp3) is 0.385. The van der Waals surface area contributed by atoms with Crippen LogP contribution in [0.4, 0.5) is 11.4 Å². The van der Waals surface area contributed by atoms with Crippen molar-refractivity contribution in [2.45, 2.75) is 25.8 Å². The summed E-state index contributed by atoms with van der Waals surface area (Å²) in [6.07, 6.45) is 5.51. The first-order chi connectivity index (χ1) is 16.0. The van der Waals surface area contributed by atoms with Crippen molar-refractivity contribution in [3.05, 3.63) is 59.9 Å². The Morgan fingerprint density at radius 1 is 1.21 bits per heavy atom. The highest BCUT2D eigenvalue weighted by Crippen LogP contribution is 2.35. The highest BCUT2D eigenvalue weighted by atomic mass is 16.5. The molecule has 1 aromatic heterocycles. The first kappa shape index (κ1) is 21.5. The fourth-order valence-electron chi connectivity index (χ4n) is 4.80. The Morgan fingerprint density at radius 3 is 2.85 bits per heavy atom. The summed E-state index contributed by atoms with van der Waals surface area (Å²) in [6, 6.07) is 12.9. The summed E-state index contributed by atoms with van der Waals surface area (Å²) in [6.45, 7) is 4.36. The number of aromatic amines is 1. The number of carbonyl (C=O) groups is 1. The molecule has 0 spiro atoms. The third-order valence-corrected chi connectivity index (χ3v) is 6.81. The minimum absolute atomic E-state index is 0.00261. The van der Waals surface area contributed by atoms with Crippen molar-refractivity contribution in [1.82, 2.24) is 15.1 Å². The number of fused-ring (bicyclic) bond motifs is 1. The molecule has 5 rings (SSSR count). The number of carbonyl (C=O) groups excluding carboxylic acids is 1. The molecule has 7 heteroatoms. The van der Waals surface area contributed by atoms with Crippen molar-refractivity contribution in [1.29, 1.82) is 0 Å². The van der Waals surface area contributed by atoms with Crippen LogP contribution in [0.15, 0.2) is 48.8 Å². The van der Waals surface area contributed by atoms with Crippen LogP contribution in [-0.4, -0.2) is 60.8 Å². The van der Waals surface area contributed by atoms with Gasteiger partial charge in [-0.1, -0.05) is 23.8 Å². The lowest BCUT2D eigenvalue weighted by atomic mass is 9.94. The lowest BCUT2D eigenvalue weighted by molar-refractivity contribution is -0.121. The zero-order chi connectivity index (χ0) is 22.9. The molecule has 0 saturated carbocycles. The van der Waals surface area contributed by atoms with Gasteiger partial charge in [0, 0.05) is 30.9 Å². The number of nitrogens with zero attached hydrogens (tertiary/aromatic N) is 3. The van der Waals surface area contributed by atoms with Crippen molar-refractivity contribution in [2.24, 2.45) is 5.92 Å². The summed E-state index contributed by atoms with van der Waals surface area (Å²) >= 11 is 0. The number of aromatic nitrogens is 2. The fourth-order valence-corrected chi connectivity index (χ4v) is 4.80. The summed E-state index contributed by atoms with van der Waals surface area (Å²) in [7, 11) is 4.25. The van der Waals surface area contributed by atoms with Gasteiger partial charge in [0.2, 0.25) is 5.91 Å². The van der Waals surface area contributed by atoms with E-state index in [4.69, 9.17) is 4.74 Å². The van der Waals surface area contributed by atoms with E-state index < -0.39 is 0 Å². The van der Waals surface area contributed by atoms with Crippen molar-refractivity contribution < 1.29 is 9.53 Å². The van der Waals surface area contributed by atoms with Crippen LogP contribution in [0, 0.1) is 12.8 Å². The van der Waals surface area contributed by atoms with E-state index in [9.17, 15) is 4.79 Å². The number of aryl methyl sites for hydroxylation is 1. The van der Waals surface area contributed by atoms with Gasteiger partial charge in [0.25, 0.3) is 0 Å². The monoisotopic (exact) mass is 445 g/mol. The second-order valence-electron chi connectivity index (χ2n) is 9.38. The number of anilines is 2. The molecule has 1 fully saturated rings. The maximum Gasteiger partial charge on any atom is 0.231 e. The Hall–Kier alpha value is -3.32. The smallest absolute Gasteiger partial charge is 0.231 e. The predicted octanol–water partition coefficient (Wildman–Crippen LogP) is 3.72. The highest BCUT2D eigenvalue weighted by Gasteiger charge is 2.29. The van der Waals surface area contributed by atoms with Gasteiger partial charge in [-0.2, -0.15) is 5.10 Å². The molecule has 3 heterocycles. The highest BCUT2D eigenvalue weighted by molar-refractivity contribution is 5.97. The number of rotatable bonds is 5. The van der Waals surface area contributed by atoms with Gasteiger partial charge in [-0.25, -0.2) is 0 Å². The van der Waals surface area contributed by atoms with E-state index >= 15 is 0 Å². The molecule has 33 heavy (non-hydrogen) atoms. The van der Waals surface area contributed by atoms with Gasteiger partial charge in [0.05, 0.1) is 23.5 Å². The van der Waals surface area contributed by atoms with Gasteiger partial charge in [0.1, 0.15) is 12.4 Å². The second kappa shape index (κ2) is 8.90. The maximum absolute atomic E-state index is 13.3. The van der Waals surface area contributed by atoms with Crippen LogP contribution >= 0.6 is 0 Å². The zero-order valence-corrected chi connectivity index (χ0v) is 19.5. The quantitative estimate of drug-likeness (QED) is 0.626. The van der Waals surface area contributed by atoms with E-state index in [0.29, 0.717) is 19.1 Å². The molecule has 2 aromatic carbocycles. The van der Waals surface area contributed by atoms with Crippen LogP contribution in [-0.2, 0) is 11.2 Å². The van der Waals surface area contributed by atoms with Crippen molar-refractivity contribution in [3.8, 4) is 16.9 Å². The summed E-state index contributed by atoms with van der Waals surface area (Å²) in [5.41, 5.74) is 6.30. The molecule has 2 aliphatic heterocycles. The number of likely N-dealkylation sites (N-methyl/N-ethyl adjacent to an activating group) is 1. The third kappa shape index (κ3) is 4.46. The molecule has 0 bridgehead atoms. The number of H-pyrrole nitrogens is 1. The van der Waals surface area contributed by atoms with E-state index in [2.05, 4.69) is 58.5 Å². The van der Waals surface area contributed by atoms with Crippen LogP contribution in [0.2, 0.25) is 0 Å². The van der Waals surface area contributed by atoms with E-state index in [0.717, 1.165) is 53.3 Å². The van der Waals surface area contributed by atoms with Gasteiger partial charge in [-0.05, 0) is 63.2 Å². The number of hydrogen-bond acceptors (Lipinski definition) is 5. The molecule has 7 nitrogen and oxygen atoms in total. The SMILES string of the molecule is Cc1ccc2c(c1)CC(C(=O)Nc1ccc(-c3cn[nH]c3)cc1N1CCC(N(C)C)C1)CO2. The Balaban J connectivity index is 1.39. The largest absolute Gasteiger partial charge is 0.492 e. The van der Waals surface area contributed by atoms with Gasteiger partial charge in [-0.15, -0.1) is 0 Å². The zero-order valence-electron chi connectivity index (χ0n) is 19.5. The van der Waals surface area contributed by atoms with Gasteiger partial charge < -0.3 is 19.9 Å². The minimum atomic E-state index is -0.214. The van der Waals surface area contributed by atoms with Gasteiger partial charge in [0.15, 0.2) is 0 Å². The number of hydrogen-bond donors (Lipinski definition) is 2. The van der Waals surface area contributed by atoms with Crippen LogP contribution < -0.4 is 15.0 Å². The van der Waals surface area contributed by atoms with Crippen molar-refractivity contribution in [3.63, 3.8) is 0 Å². The topological polar surface area (TPSA) is 73.5 Å². The first-order valence-corrected chi connectivity index (χ1v) is 11.6. The molecule has 3 aromatic rings. The van der Waals surface area contributed by atoms with Crippen LogP contribution in [0.1, 0.15) is 17.5 Å². The molecule has 2 N–H and O–H groups in total. The Labute approximate surface area is 194 Å². The van der Waals surface area contributed by atoms with Crippen LogP contribution in [0.25, 0.3) is 11.1 Å². The normalized spacial score (nSPS) is 19.9. The van der Waals surface area contributed by atoms with Crippen LogP contribution in [0.5, 0.6) is 5.75 Å². The summed E-state index contributed by atoms with van der Waals surface area (Å²) in [5.74, 6) is 0.679. The molecule has 2 aliphatic rings. The number of nitrogens with one attached hydrogen (secondary N) is 2. The van der Waals surface area contributed by atoms with E-state index in [1.807, 2.05) is 36.7 Å². The number of ether oxygens (including phenoxy) is 1. The number of amides is 1. The molecule has 0 radical (unpaired) electrons. The third-order valence-electron chi connectivity index (χ3n) is 6.81. The molecule has 1 saturated heterocycles. The number of benzene rings is 2. The first-order valence-electron chi connectivity index (χ1n) is 11.6. The molecular weight excluding hydrogens is 414 g/mol. The lowest BCUT2D eigenvalue weighted by Crippen LogP contribution is -2.34. The molecule has 2 atom stereocenters. The molecule has 1 amide bonds. The minimum Gasteiger partial charge on any atom is -0.492 e. The summed E-state index contributed by atoms with van der Waals surface area (Å²) < 4.78 is 5.90. The average Bonchev–Trinajstić information content (AvgIpc) is 3.51. The van der Waals surface area contributed by atoms with Gasteiger partial charge >= 0.3 is 0 Å². The van der Waals surface area contributed by atoms with Crippen molar-refractivity contribution in [2.75, 3.05) is 44.0 Å².